The number of aliphatic carboxylic acids is 1. The molecule has 8 nitrogen and oxygen atoms in total. The first-order valence-electron chi connectivity index (χ1n) is 12.8. The van der Waals surface area contributed by atoms with Gasteiger partial charge in [0, 0.05) is 12.2 Å². The molecule has 3 aliphatic heterocycles. The van der Waals surface area contributed by atoms with E-state index in [2.05, 4.69) is 6.58 Å². The van der Waals surface area contributed by atoms with Crippen molar-refractivity contribution in [2.24, 2.45) is 17.8 Å². The minimum absolute atomic E-state index is 0.150. The molecule has 2 unspecified atom stereocenters. The van der Waals surface area contributed by atoms with Crippen LogP contribution < -0.4 is 4.90 Å². The van der Waals surface area contributed by atoms with Gasteiger partial charge >= 0.3 is 5.97 Å². The number of carbonyl (C=O) groups excluding carboxylic acids is 2. The molecule has 0 saturated carbocycles. The quantitative estimate of drug-likeness (QED) is 0.507. The molecule has 196 valence electrons. The number of carboxylic acids is 1. The minimum Gasteiger partial charge on any atom is -0.481 e. The van der Waals surface area contributed by atoms with Crippen molar-refractivity contribution < 1.29 is 29.3 Å². The van der Waals surface area contributed by atoms with E-state index in [0.29, 0.717) is 19.3 Å². The number of aliphatic hydroxyl groups is 1. The van der Waals surface area contributed by atoms with Gasteiger partial charge in [-0.15, -0.1) is 6.58 Å². The summed E-state index contributed by atoms with van der Waals surface area (Å²) < 4.78 is 6.51. The maximum atomic E-state index is 14.6. The number of carbonyl (C=O) groups is 3. The first kappa shape index (κ1) is 26.4. The summed E-state index contributed by atoms with van der Waals surface area (Å²) in [6.07, 6.45) is 2.98. The number of ether oxygens (including phenoxy) is 1. The van der Waals surface area contributed by atoms with Crippen molar-refractivity contribution in [3.8, 4) is 0 Å². The van der Waals surface area contributed by atoms with Gasteiger partial charge in [0.2, 0.25) is 5.91 Å². The Kier molecular flexibility index (Phi) is 6.81. The van der Waals surface area contributed by atoms with Gasteiger partial charge in [-0.2, -0.15) is 0 Å². The van der Waals surface area contributed by atoms with E-state index in [1.807, 2.05) is 45.9 Å². The lowest BCUT2D eigenvalue weighted by molar-refractivity contribution is -0.156. The summed E-state index contributed by atoms with van der Waals surface area (Å²) in [7, 11) is 0. The molecule has 0 radical (unpaired) electrons. The first-order chi connectivity index (χ1) is 16.9. The Labute approximate surface area is 212 Å². The second-order valence-corrected chi connectivity index (χ2v) is 11.3. The standard InChI is InChI=1S/C28H38N2O6/c1-7-13-29(22-17(4)9-8-10-18(22)5)25(33)23-28-12-11-27(6,36-28)21(26(34)35)20(28)24(32)30(23)19(15-31)14-16(2)3/h7-10,16,19-21,23,31H,1,11-15H2,2-6H3,(H,34,35)/t19-,20+,21+,23?,27-,28?/m1/s1. The molecule has 0 aliphatic carbocycles. The molecule has 3 fully saturated rings. The normalized spacial score (nSPS) is 31.6. The minimum atomic E-state index is -1.26. The smallest absolute Gasteiger partial charge is 0.310 e. The Morgan fingerprint density at radius 2 is 1.92 bits per heavy atom. The molecule has 3 saturated heterocycles. The molecule has 2 N–H and O–H groups in total. The van der Waals surface area contributed by atoms with Crippen molar-refractivity contribution >= 4 is 23.5 Å². The number of amides is 2. The number of likely N-dealkylation sites (tertiary alicyclic amines) is 1. The Morgan fingerprint density at radius 3 is 2.44 bits per heavy atom. The number of hydrogen-bond acceptors (Lipinski definition) is 5. The van der Waals surface area contributed by atoms with Gasteiger partial charge in [-0.3, -0.25) is 14.4 Å². The van der Waals surface area contributed by atoms with Gasteiger partial charge in [0.25, 0.3) is 5.91 Å². The highest BCUT2D eigenvalue weighted by Gasteiger charge is 2.78. The fraction of sp³-hybridized carbons (Fsp3) is 0.607. The summed E-state index contributed by atoms with van der Waals surface area (Å²) in [6.45, 7) is 13.3. The van der Waals surface area contributed by atoms with Crippen LogP contribution in [0.3, 0.4) is 0 Å². The van der Waals surface area contributed by atoms with Crippen LogP contribution in [-0.2, 0) is 19.1 Å². The van der Waals surface area contributed by atoms with Crippen molar-refractivity contribution in [1.29, 1.82) is 0 Å². The number of rotatable bonds is 9. The van der Waals surface area contributed by atoms with Crippen LogP contribution in [0.25, 0.3) is 0 Å². The lowest BCUT2D eigenvalue weighted by atomic mass is 9.66. The van der Waals surface area contributed by atoms with Gasteiger partial charge in [0.15, 0.2) is 0 Å². The van der Waals surface area contributed by atoms with E-state index in [1.165, 1.54) is 4.90 Å². The van der Waals surface area contributed by atoms with Crippen molar-refractivity contribution in [1.82, 2.24) is 4.90 Å². The number of aliphatic hydroxyl groups excluding tert-OH is 1. The molecule has 4 rings (SSSR count). The van der Waals surface area contributed by atoms with Gasteiger partial charge in [0.1, 0.15) is 11.6 Å². The maximum Gasteiger partial charge on any atom is 0.310 e. The summed E-state index contributed by atoms with van der Waals surface area (Å²) in [5.74, 6) is -3.72. The molecule has 6 atom stereocenters. The molecule has 1 spiro atoms. The van der Waals surface area contributed by atoms with Gasteiger partial charge in [-0.25, -0.2) is 0 Å². The molecule has 3 heterocycles. The van der Waals surface area contributed by atoms with Crippen molar-refractivity contribution in [3.63, 3.8) is 0 Å². The van der Waals surface area contributed by atoms with E-state index >= 15 is 0 Å². The molecule has 1 aromatic rings. The number of hydrogen-bond donors (Lipinski definition) is 2. The molecule has 36 heavy (non-hydrogen) atoms. The van der Waals surface area contributed by atoms with Crippen LogP contribution in [0, 0.1) is 31.6 Å². The Bertz CT molecular complexity index is 1070. The average molecular weight is 499 g/mol. The van der Waals surface area contributed by atoms with Crippen LogP contribution in [-0.4, -0.2) is 69.3 Å². The molecular weight excluding hydrogens is 460 g/mol. The van der Waals surface area contributed by atoms with E-state index in [0.717, 1.165) is 16.8 Å². The SMILES string of the molecule is C=CCN(C(=O)C1N([C@@H](CO)CC(C)C)C(=O)[C@@H]2[C@@H](C(=O)O)[C@@]3(C)CCC12O3)c1c(C)cccc1C. The van der Waals surface area contributed by atoms with E-state index in [9.17, 15) is 24.6 Å². The first-order valence-corrected chi connectivity index (χ1v) is 12.8. The van der Waals surface area contributed by atoms with Crippen LogP contribution in [0.1, 0.15) is 51.2 Å². The monoisotopic (exact) mass is 498 g/mol. The summed E-state index contributed by atoms with van der Waals surface area (Å²) in [5.41, 5.74) is 0.274. The third-order valence-corrected chi connectivity index (χ3v) is 8.35. The van der Waals surface area contributed by atoms with Gasteiger partial charge < -0.3 is 24.7 Å². The molecule has 0 aromatic heterocycles. The number of carboxylic acid groups (broad SMARTS) is 1. The van der Waals surface area contributed by atoms with Gasteiger partial charge in [-0.05, 0) is 57.1 Å². The number of anilines is 1. The van der Waals surface area contributed by atoms with E-state index in [1.54, 1.807) is 17.9 Å². The van der Waals surface area contributed by atoms with Crippen LogP contribution in [0.4, 0.5) is 5.69 Å². The van der Waals surface area contributed by atoms with Crippen LogP contribution in [0.5, 0.6) is 0 Å². The molecular formula is C28H38N2O6. The maximum absolute atomic E-state index is 14.6. The summed E-state index contributed by atoms with van der Waals surface area (Å²) in [6, 6.07) is 4.11. The number of nitrogens with zero attached hydrogens (tertiary/aromatic N) is 2. The molecule has 3 aliphatic rings. The fourth-order valence-corrected chi connectivity index (χ4v) is 7.03. The summed E-state index contributed by atoms with van der Waals surface area (Å²) >= 11 is 0. The number of para-hydroxylation sites is 1. The van der Waals surface area contributed by atoms with E-state index in [4.69, 9.17) is 4.74 Å². The Morgan fingerprint density at radius 1 is 1.28 bits per heavy atom. The topological polar surface area (TPSA) is 107 Å². The van der Waals surface area contributed by atoms with Crippen molar-refractivity contribution in [2.45, 2.75) is 77.2 Å². The Hall–Kier alpha value is -2.71. The zero-order valence-corrected chi connectivity index (χ0v) is 21.9. The molecule has 2 bridgehead atoms. The van der Waals surface area contributed by atoms with E-state index < -0.39 is 47.0 Å². The van der Waals surface area contributed by atoms with Crippen LogP contribution in [0.2, 0.25) is 0 Å². The van der Waals surface area contributed by atoms with Crippen LogP contribution >= 0.6 is 0 Å². The molecule has 1 aromatic carbocycles. The lowest BCUT2D eigenvalue weighted by Gasteiger charge is -2.40. The largest absolute Gasteiger partial charge is 0.481 e. The highest BCUT2D eigenvalue weighted by atomic mass is 16.5. The second-order valence-electron chi connectivity index (χ2n) is 11.3. The number of fused-ring (bicyclic) bond motifs is 1. The summed E-state index contributed by atoms with van der Waals surface area (Å²) in [4.78, 5) is 44.2. The second kappa shape index (κ2) is 9.30. The lowest BCUT2D eigenvalue weighted by Crippen LogP contribution is -2.59. The predicted molar refractivity (Wildman–Crippen MR) is 135 cm³/mol. The highest BCUT2D eigenvalue weighted by molar-refractivity contribution is 6.05. The Balaban J connectivity index is 1.89. The zero-order valence-electron chi connectivity index (χ0n) is 21.9. The van der Waals surface area contributed by atoms with Crippen molar-refractivity contribution in [3.05, 3.63) is 42.0 Å². The average Bonchev–Trinajstić information content (AvgIpc) is 3.37. The zero-order chi connectivity index (χ0) is 26.6. The van der Waals surface area contributed by atoms with Crippen molar-refractivity contribution in [2.75, 3.05) is 18.1 Å². The van der Waals surface area contributed by atoms with Gasteiger partial charge in [-0.1, -0.05) is 38.1 Å². The van der Waals surface area contributed by atoms with Gasteiger partial charge in [0.05, 0.1) is 30.1 Å². The van der Waals surface area contributed by atoms with E-state index in [-0.39, 0.29) is 25.0 Å². The third kappa shape index (κ3) is 3.77. The van der Waals surface area contributed by atoms with Crippen LogP contribution in [0.15, 0.2) is 30.9 Å². The highest BCUT2D eigenvalue weighted by Crippen LogP contribution is 2.63. The molecule has 8 heteroatoms. The predicted octanol–water partition coefficient (Wildman–Crippen LogP) is 3.08. The number of aryl methyl sites for hydroxylation is 2. The fourth-order valence-electron chi connectivity index (χ4n) is 7.03. The number of benzene rings is 1. The summed E-state index contributed by atoms with van der Waals surface area (Å²) in [5, 5.41) is 20.5. The third-order valence-electron chi connectivity index (χ3n) is 8.35. The molecule has 2 amide bonds.